The third-order valence-electron chi connectivity index (χ3n) is 3.89. The number of benzene rings is 1. The van der Waals surface area contributed by atoms with Crippen molar-refractivity contribution in [2.75, 3.05) is 26.1 Å². The second-order valence-electron chi connectivity index (χ2n) is 6.46. The van der Waals surface area contributed by atoms with Gasteiger partial charge in [0.25, 0.3) is 0 Å². The van der Waals surface area contributed by atoms with Gasteiger partial charge in [0.15, 0.2) is 16.7 Å². The number of phenols is 1. The van der Waals surface area contributed by atoms with Crippen LogP contribution < -0.4 is 9.64 Å². The first-order valence-electron chi connectivity index (χ1n) is 8.47. The number of ether oxygens (including phenoxy) is 1. The number of thioether (sulfide) groups is 1. The van der Waals surface area contributed by atoms with Crippen LogP contribution in [0.4, 0.5) is 5.95 Å². The zero-order valence-corrected chi connectivity index (χ0v) is 17.6. The predicted molar refractivity (Wildman–Crippen MR) is 110 cm³/mol. The molecule has 0 atom stereocenters. The normalized spacial score (nSPS) is 11.2. The van der Waals surface area contributed by atoms with Gasteiger partial charge in [-0.15, -0.1) is 21.5 Å². The number of thiazole rings is 1. The van der Waals surface area contributed by atoms with Crippen molar-refractivity contribution >= 4 is 29.0 Å². The van der Waals surface area contributed by atoms with E-state index in [0.717, 1.165) is 27.4 Å². The van der Waals surface area contributed by atoms with Gasteiger partial charge in [-0.1, -0.05) is 11.8 Å². The van der Waals surface area contributed by atoms with Crippen LogP contribution in [-0.4, -0.2) is 46.1 Å². The Morgan fingerprint density at radius 1 is 1.30 bits per heavy atom. The lowest BCUT2D eigenvalue weighted by molar-refractivity contribution is 0.373. The molecule has 144 valence electrons. The Morgan fingerprint density at radius 2 is 2.07 bits per heavy atom. The number of anilines is 1. The smallest absolute Gasteiger partial charge is 0.227 e. The number of methoxy groups -OCH3 is 1. The van der Waals surface area contributed by atoms with E-state index < -0.39 is 0 Å². The van der Waals surface area contributed by atoms with Crippen LogP contribution in [-0.2, 0) is 5.75 Å². The molecule has 2 aromatic heterocycles. The number of rotatable bonds is 7. The highest BCUT2D eigenvalue weighted by atomic mass is 32.2. The van der Waals surface area contributed by atoms with Crippen LogP contribution in [0.3, 0.4) is 0 Å². The lowest BCUT2D eigenvalue weighted by Gasteiger charge is -2.17. The van der Waals surface area contributed by atoms with Crippen LogP contribution in [0.2, 0.25) is 0 Å². The standard InChI is InChI=1S/C18H23N5O2S2/c1-11(2)23-17(22(3)4)20-21-18(23)27-10-13-9-26-16(19-13)12-6-7-14(24)15(8-12)25-5/h6-9,11,24H,10H2,1-5H3. The van der Waals surface area contributed by atoms with Crippen LogP contribution >= 0.6 is 23.1 Å². The fraction of sp³-hybridized carbons (Fsp3) is 0.389. The molecule has 1 N–H and O–H groups in total. The van der Waals surface area contributed by atoms with Crippen LogP contribution in [0.1, 0.15) is 25.6 Å². The summed E-state index contributed by atoms with van der Waals surface area (Å²) in [6.07, 6.45) is 0. The maximum Gasteiger partial charge on any atom is 0.227 e. The third-order valence-corrected chi connectivity index (χ3v) is 5.81. The van der Waals surface area contributed by atoms with Crippen LogP contribution in [0.25, 0.3) is 10.6 Å². The molecular formula is C18H23N5O2S2. The Labute approximate surface area is 167 Å². The monoisotopic (exact) mass is 405 g/mol. The minimum absolute atomic E-state index is 0.123. The topological polar surface area (TPSA) is 76.3 Å². The summed E-state index contributed by atoms with van der Waals surface area (Å²) >= 11 is 3.20. The Hall–Kier alpha value is -2.26. The minimum atomic E-state index is 0.123. The quantitative estimate of drug-likeness (QED) is 0.594. The maximum atomic E-state index is 9.75. The van der Waals surface area contributed by atoms with E-state index in [-0.39, 0.29) is 11.8 Å². The van der Waals surface area contributed by atoms with E-state index in [4.69, 9.17) is 9.72 Å². The molecule has 3 aromatic rings. The fourth-order valence-electron chi connectivity index (χ4n) is 2.58. The van der Waals surface area contributed by atoms with Crippen LogP contribution in [0.5, 0.6) is 11.5 Å². The lowest BCUT2D eigenvalue weighted by atomic mass is 10.2. The third kappa shape index (κ3) is 4.19. The molecular weight excluding hydrogens is 382 g/mol. The van der Waals surface area contributed by atoms with E-state index in [1.807, 2.05) is 30.4 Å². The second kappa shape index (κ2) is 8.18. The second-order valence-corrected chi connectivity index (χ2v) is 8.26. The van der Waals surface area contributed by atoms with Gasteiger partial charge in [0.2, 0.25) is 5.95 Å². The Balaban J connectivity index is 1.76. The fourth-order valence-corrected chi connectivity index (χ4v) is 4.46. The summed E-state index contributed by atoms with van der Waals surface area (Å²) in [5, 5.41) is 22.2. The minimum Gasteiger partial charge on any atom is -0.504 e. The average molecular weight is 406 g/mol. The molecule has 0 radical (unpaired) electrons. The van der Waals surface area contributed by atoms with E-state index in [9.17, 15) is 5.11 Å². The first kappa shape index (κ1) is 19.5. The molecule has 0 saturated carbocycles. The molecule has 0 fully saturated rings. The van der Waals surface area contributed by atoms with Gasteiger partial charge in [-0.25, -0.2) is 4.98 Å². The van der Waals surface area contributed by atoms with Crippen molar-refractivity contribution in [3.63, 3.8) is 0 Å². The van der Waals surface area contributed by atoms with E-state index >= 15 is 0 Å². The summed E-state index contributed by atoms with van der Waals surface area (Å²) in [5.74, 6) is 2.13. The molecule has 0 aliphatic heterocycles. The van der Waals surface area contributed by atoms with Crippen molar-refractivity contribution in [2.45, 2.75) is 30.8 Å². The van der Waals surface area contributed by atoms with Gasteiger partial charge in [-0.2, -0.15) is 0 Å². The van der Waals surface area contributed by atoms with E-state index in [1.54, 1.807) is 35.2 Å². The van der Waals surface area contributed by atoms with Crippen molar-refractivity contribution in [1.82, 2.24) is 19.7 Å². The van der Waals surface area contributed by atoms with Crippen molar-refractivity contribution in [2.24, 2.45) is 0 Å². The molecule has 27 heavy (non-hydrogen) atoms. The highest BCUT2D eigenvalue weighted by Gasteiger charge is 2.17. The van der Waals surface area contributed by atoms with Crippen molar-refractivity contribution in [3.05, 3.63) is 29.3 Å². The number of hydrogen-bond donors (Lipinski definition) is 1. The molecule has 0 amide bonds. The molecule has 0 bridgehead atoms. The number of aromatic nitrogens is 4. The molecule has 0 unspecified atom stereocenters. The Kier molecular flexibility index (Phi) is 5.91. The predicted octanol–water partition coefficient (Wildman–Crippen LogP) is 4.06. The first-order valence-corrected chi connectivity index (χ1v) is 10.3. The average Bonchev–Trinajstić information content (AvgIpc) is 3.27. The highest BCUT2D eigenvalue weighted by molar-refractivity contribution is 7.98. The number of hydrogen-bond acceptors (Lipinski definition) is 8. The first-order chi connectivity index (χ1) is 12.9. The van der Waals surface area contributed by atoms with Crippen LogP contribution in [0.15, 0.2) is 28.7 Å². The molecule has 0 spiro atoms. The molecule has 0 aliphatic rings. The zero-order chi connectivity index (χ0) is 19.6. The molecule has 2 heterocycles. The van der Waals surface area contributed by atoms with Crippen molar-refractivity contribution < 1.29 is 9.84 Å². The number of phenolic OH excluding ortho intramolecular Hbond substituents is 1. The maximum absolute atomic E-state index is 9.75. The van der Waals surface area contributed by atoms with Crippen molar-refractivity contribution in [1.29, 1.82) is 0 Å². The molecule has 3 rings (SSSR count). The van der Waals surface area contributed by atoms with E-state index in [2.05, 4.69) is 28.6 Å². The molecule has 9 heteroatoms. The Bertz CT molecular complexity index is 920. The number of nitrogens with zero attached hydrogens (tertiary/aromatic N) is 5. The van der Waals surface area contributed by atoms with Crippen LogP contribution in [0, 0.1) is 0 Å². The van der Waals surface area contributed by atoms with Gasteiger partial charge in [0.05, 0.1) is 12.8 Å². The van der Waals surface area contributed by atoms with Gasteiger partial charge in [0.1, 0.15) is 5.01 Å². The van der Waals surface area contributed by atoms with Crippen molar-refractivity contribution in [3.8, 4) is 22.1 Å². The highest BCUT2D eigenvalue weighted by Crippen LogP contribution is 2.34. The summed E-state index contributed by atoms with van der Waals surface area (Å²) in [4.78, 5) is 6.68. The lowest BCUT2D eigenvalue weighted by Crippen LogP contribution is -2.17. The Morgan fingerprint density at radius 3 is 2.74 bits per heavy atom. The number of aromatic hydroxyl groups is 1. The van der Waals surface area contributed by atoms with E-state index in [0.29, 0.717) is 11.5 Å². The molecule has 0 saturated heterocycles. The largest absolute Gasteiger partial charge is 0.504 e. The van der Waals surface area contributed by atoms with E-state index in [1.165, 1.54) is 7.11 Å². The van der Waals surface area contributed by atoms with Gasteiger partial charge >= 0.3 is 0 Å². The molecule has 0 aliphatic carbocycles. The molecule has 7 nitrogen and oxygen atoms in total. The van der Waals surface area contributed by atoms with Gasteiger partial charge < -0.3 is 14.7 Å². The summed E-state index contributed by atoms with van der Waals surface area (Å²) in [7, 11) is 5.47. The summed E-state index contributed by atoms with van der Waals surface area (Å²) < 4.78 is 7.30. The van der Waals surface area contributed by atoms with Gasteiger partial charge in [-0.3, -0.25) is 4.57 Å². The summed E-state index contributed by atoms with van der Waals surface area (Å²) in [6.45, 7) is 4.25. The van der Waals surface area contributed by atoms with Gasteiger partial charge in [0, 0.05) is 36.8 Å². The summed E-state index contributed by atoms with van der Waals surface area (Å²) in [5.41, 5.74) is 1.91. The van der Waals surface area contributed by atoms with Gasteiger partial charge in [-0.05, 0) is 32.0 Å². The SMILES string of the molecule is COc1cc(-c2nc(CSc3nnc(N(C)C)n3C(C)C)cs2)ccc1O. The molecule has 1 aromatic carbocycles. The zero-order valence-electron chi connectivity index (χ0n) is 16.0. The summed E-state index contributed by atoms with van der Waals surface area (Å²) in [6, 6.07) is 5.53.